The van der Waals surface area contributed by atoms with Crippen LogP contribution in [0.1, 0.15) is 31.2 Å². The van der Waals surface area contributed by atoms with Crippen molar-refractivity contribution in [3.8, 4) is 0 Å². The molecule has 1 aromatic rings. The van der Waals surface area contributed by atoms with Gasteiger partial charge in [-0.1, -0.05) is 17.7 Å². The first-order valence-electron chi connectivity index (χ1n) is 8.41. The van der Waals surface area contributed by atoms with Crippen molar-refractivity contribution in [2.45, 2.75) is 32.6 Å². The molecule has 1 heterocycles. The highest BCUT2D eigenvalue weighted by Crippen LogP contribution is 2.14. The molecule has 0 atom stereocenters. The molecule has 1 aliphatic heterocycles. The van der Waals surface area contributed by atoms with Crippen LogP contribution >= 0.6 is 0 Å². The fourth-order valence-corrected chi connectivity index (χ4v) is 3.01. The maximum atomic E-state index is 11.0. The molecule has 122 valence electrons. The first-order chi connectivity index (χ1) is 10.7. The number of unbranched alkanes of at least 4 members (excludes halogenated alkanes) is 2. The predicted molar refractivity (Wildman–Crippen MR) is 89.4 cm³/mol. The van der Waals surface area contributed by atoms with Crippen molar-refractivity contribution in [3.63, 3.8) is 0 Å². The Balaban J connectivity index is 1.61. The van der Waals surface area contributed by atoms with Gasteiger partial charge in [0.1, 0.15) is 0 Å². The Kier molecular flexibility index (Phi) is 6.72. The summed E-state index contributed by atoms with van der Waals surface area (Å²) < 4.78 is 4.66. The molecule has 0 radical (unpaired) electrons. The number of nitrogens with zero attached hydrogens (tertiary/aromatic N) is 1. The van der Waals surface area contributed by atoms with Gasteiger partial charge in [-0.2, -0.15) is 0 Å². The van der Waals surface area contributed by atoms with Crippen LogP contribution in [0.15, 0.2) is 24.3 Å². The van der Waals surface area contributed by atoms with Gasteiger partial charge in [0, 0.05) is 12.1 Å². The van der Waals surface area contributed by atoms with E-state index in [-0.39, 0.29) is 5.97 Å². The molecule has 0 amide bonds. The Morgan fingerprint density at radius 1 is 1.14 bits per heavy atom. The number of rotatable bonds is 7. The van der Waals surface area contributed by atoms with Gasteiger partial charge in [0.15, 0.2) is 0 Å². The van der Waals surface area contributed by atoms with E-state index in [0.717, 1.165) is 25.9 Å². The number of ether oxygens (including phenoxy) is 1. The molecule has 0 bridgehead atoms. The average Bonchev–Trinajstić information content (AvgIpc) is 2.55. The van der Waals surface area contributed by atoms with Crippen LogP contribution in [0.5, 0.6) is 0 Å². The molecule has 2 rings (SSSR count). The lowest BCUT2D eigenvalue weighted by molar-refractivity contribution is -0.900. The maximum absolute atomic E-state index is 11.0. The minimum Gasteiger partial charge on any atom is -0.469 e. The fourth-order valence-electron chi connectivity index (χ4n) is 3.01. The number of quaternary nitrogens is 1. The van der Waals surface area contributed by atoms with Crippen LogP contribution in [0.4, 0.5) is 5.69 Å². The lowest BCUT2D eigenvalue weighted by Crippen LogP contribution is -3.14. The Bertz CT molecular complexity index is 451. The van der Waals surface area contributed by atoms with E-state index in [2.05, 4.69) is 40.8 Å². The summed E-state index contributed by atoms with van der Waals surface area (Å²) in [4.78, 5) is 15.2. The number of aryl methyl sites for hydroxylation is 1. The third-order valence-corrected chi connectivity index (χ3v) is 4.51. The van der Waals surface area contributed by atoms with Crippen molar-refractivity contribution in [3.05, 3.63) is 29.8 Å². The molecule has 0 spiro atoms. The van der Waals surface area contributed by atoms with E-state index >= 15 is 0 Å². The molecule has 4 heteroatoms. The van der Waals surface area contributed by atoms with Gasteiger partial charge in [-0.05, 0) is 38.3 Å². The van der Waals surface area contributed by atoms with E-state index in [1.54, 1.807) is 4.90 Å². The monoisotopic (exact) mass is 305 g/mol. The molecule has 1 fully saturated rings. The summed E-state index contributed by atoms with van der Waals surface area (Å²) in [5.41, 5.74) is 2.67. The SMILES string of the molecule is COC(=O)CCCCC[NH+]1CCN(c2ccc(C)cc2)CC1. The maximum Gasteiger partial charge on any atom is 0.305 e. The standard InChI is InChI=1S/C18H28N2O2/c1-16-7-9-17(10-8-16)20-14-12-19(13-15-20)11-5-3-4-6-18(21)22-2/h7-10H,3-6,11-15H2,1-2H3/p+1. The van der Waals surface area contributed by atoms with Crippen LogP contribution in [0.25, 0.3) is 0 Å². The van der Waals surface area contributed by atoms with Gasteiger partial charge in [0.2, 0.25) is 0 Å². The number of methoxy groups -OCH3 is 1. The number of hydrogen-bond donors (Lipinski definition) is 1. The van der Waals surface area contributed by atoms with E-state index in [4.69, 9.17) is 0 Å². The van der Waals surface area contributed by atoms with Gasteiger partial charge in [-0.3, -0.25) is 4.79 Å². The number of esters is 1. The molecule has 1 aliphatic rings. The second kappa shape index (κ2) is 8.79. The van der Waals surface area contributed by atoms with E-state index in [1.165, 1.54) is 44.4 Å². The minimum atomic E-state index is -0.0842. The molecule has 1 aromatic carbocycles. The number of piperazine rings is 1. The molecule has 4 nitrogen and oxygen atoms in total. The lowest BCUT2D eigenvalue weighted by Gasteiger charge is -2.33. The van der Waals surface area contributed by atoms with E-state index in [1.807, 2.05) is 0 Å². The Hall–Kier alpha value is -1.55. The van der Waals surface area contributed by atoms with Crippen molar-refractivity contribution >= 4 is 11.7 Å². The van der Waals surface area contributed by atoms with Gasteiger partial charge in [-0.25, -0.2) is 0 Å². The highest BCUT2D eigenvalue weighted by atomic mass is 16.5. The van der Waals surface area contributed by atoms with Crippen LogP contribution in [0.3, 0.4) is 0 Å². The topological polar surface area (TPSA) is 34.0 Å². The van der Waals surface area contributed by atoms with Crippen molar-refractivity contribution in [2.24, 2.45) is 0 Å². The van der Waals surface area contributed by atoms with Gasteiger partial charge in [-0.15, -0.1) is 0 Å². The first kappa shape index (κ1) is 16.8. The summed E-state index contributed by atoms with van der Waals surface area (Å²) in [5, 5.41) is 0. The van der Waals surface area contributed by atoms with Crippen molar-refractivity contribution < 1.29 is 14.4 Å². The molecule has 1 N–H and O–H groups in total. The highest BCUT2D eigenvalue weighted by Gasteiger charge is 2.19. The van der Waals surface area contributed by atoms with Gasteiger partial charge >= 0.3 is 5.97 Å². The van der Waals surface area contributed by atoms with Crippen LogP contribution in [0, 0.1) is 6.92 Å². The normalized spacial score (nSPS) is 15.8. The molecule has 0 aliphatic carbocycles. The molecule has 1 saturated heterocycles. The zero-order valence-electron chi connectivity index (χ0n) is 13.9. The van der Waals surface area contributed by atoms with Gasteiger partial charge < -0.3 is 14.5 Å². The second-order valence-corrected chi connectivity index (χ2v) is 6.21. The average molecular weight is 305 g/mol. The van der Waals surface area contributed by atoms with Crippen molar-refractivity contribution in [2.75, 3.05) is 44.7 Å². The molecular weight excluding hydrogens is 276 g/mol. The van der Waals surface area contributed by atoms with Gasteiger partial charge in [0.05, 0.1) is 39.8 Å². The van der Waals surface area contributed by atoms with Crippen molar-refractivity contribution in [1.82, 2.24) is 0 Å². The molecule has 0 unspecified atom stereocenters. The number of carbonyl (C=O) groups excluding carboxylic acids is 1. The summed E-state index contributed by atoms with van der Waals surface area (Å²) in [6, 6.07) is 8.84. The summed E-state index contributed by atoms with van der Waals surface area (Å²) in [6.07, 6.45) is 3.85. The summed E-state index contributed by atoms with van der Waals surface area (Å²) in [5.74, 6) is -0.0842. The smallest absolute Gasteiger partial charge is 0.305 e. The van der Waals surface area contributed by atoms with E-state index in [0.29, 0.717) is 6.42 Å². The number of carbonyl (C=O) groups is 1. The zero-order chi connectivity index (χ0) is 15.8. The number of anilines is 1. The quantitative estimate of drug-likeness (QED) is 0.611. The summed E-state index contributed by atoms with van der Waals surface area (Å²) in [7, 11) is 1.46. The highest BCUT2D eigenvalue weighted by molar-refractivity contribution is 5.68. The number of hydrogen-bond acceptors (Lipinski definition) is 3. The second-order valence-electron chi connectivity index (χ2n) is 6.21. The van der Waals surface area contributed by atoms with Crippen LogP contribution < -0.4 is 9.80 Å². The Morgan fingerprint density at radius 3 is 2.45 bits per heavy atom. The first-order valence-corrected chi connectivity index (χ1v) is 8.41. The van der Waals surface area contributed by atoms with E-state index in [9.17, 15) is 4.79 Å². The van der Waals surface area contributed by atoms with Crippen molar-refractivity contribution in [1.29, 1.82) is 0 Å². The third-order valence-electron chi connectivity index (χ3n) is 4.51. The van der Waals surface area contributed by atoms with Crippen LogP contribution in [-0.4, -0.2) is 45.8 Å². The summed E-state index contributed by atoms with van der Waals surface area (Å²) >= 11 is 0. The van der Waals surface area contributed by atoms with Crippen LogP contribution in [-0.2, 0) is 9.53 Å². The van der Waals surface area contributed by atoms with E-state index < -0.39 is 0 Å². The lowest BCUT2D eigenvalue weighted by atomic mass is 10.1. The number of benzene rings is 1. The molecule has 0 saturated carbocycles. The minimum absolute atomic E-state index is 0.0842. The predicted octanol–water partition coefficient (Wildman–Crippen LogP) is 1.43. The number of nitrogens with one attached hydrogen (secondary N) is 1. The van der Waals surface area contributed by atoms with Gasteiger partial charge in [0.25, 0.3) is 0 Å². The van der Waals surface area contributed by atoms with Crippen LogP contribution in [0.2, 0.25) is 0 Å². The molecule has 0 aromatic heterocycles. The molecule has 22 heavy (non-hydrogen) atoms. The Labute approximate surface area is 134 Å². The zero-order valence-corrected chi connectivity index (χ0v) is 13.9. The largest absolute Gasteiger partial charge is 0.469 e. The Morgan fingerprint density at radius 2 is 1.82 bits per heavy atom. The third kappa shape index (κ3) is 5.34. The fraction of sp³-hybridized carbons (Fsp3) is 0.611. The molecular formula is C18H29N2O2+. The summed E-state index contributed by atoms with van der Waals surface area (Å²) in [6.45, 7) is 8.06.